The van der Waals surface area contributed by atoms with Crippen molar-refractivity contribution in [2.45, 2.75) is 31.9 Å². The lowest BCUT2D eigenvalue weighted by molar-refractivity contribution is 0.284. The second-order valence-corrected chi connectivity index (χ2v) is 6.41. The molecular formula is C18H17ClN4O. The number of benzene rings is 2. The van der Waals surface area contributed by atoms with Gasteiger partial charge in [-0.3, -0.25) is 0 Å². The van der Waals surface area contributed by atoms with E-state index in [9.17, 15) is 0 Å². The van der Waals surface area contributed by atoms with Gasteiger partial charge in [0.15, 0.2) is 5.82 Å². The van der Waals surface area contributed by atoms with Crippen molar-refractivity contribution in [2.24, 2.45) is 0 Å². The minimum Gasteiger partial charge on any atom is -0.485 e. The third kappa shape index (κ3) is 3.41. The van der Waals surface area contributed by atoms with Crippen LogP contribution in [-0.4, -0.2) is 20.2 Å². The highest BCUT2D eigenvalue weighted by Gasteiger charge is 2.27. The van der Waals surface area contributed by atoms with Gasteiger partial charge in [-0.15, -0.1) is 5.10 Å². The average molecular weight is 341 g/mol. The number of hydrogen-bond acceptors (Lipinski definition) is 4. The smallest absolute Gasteiger partial charge is 0.189 e. The highest BCUT2D eigenvalue weighted by molar-refractivity contribution is 6.30. The molecule has 2 aromatic carbocycles. The van der Waals surface area contributed by atoms with Gasteiger partial charge in [0.1, 0.15) is 12.4 Å². The normalized spacial score (nSPS) is 13.9. The number of halogens is 1. The lowest BCUT2D eigenvalue weighted by atomic mass is 10.0. The molecule has 1 saturated carbocycles. The molecule has 0 saturated heterocycles. The van der Waals surface area contributed by atoms with Gasteiger partial charge in [-0.2, -0.15) is 0 Å². The molecule has 1 fully saturated rings. The molecule has 6 heteroatoms. The number of ether oxygens (including phenoxy) is 1. The molecule has 0 bridgehead atoms. The molecule has 0 radical (unpaired) electrons. The zero-order valence-electron chi connectivity index (χ0n) is 13.1. The summed E-state index contributed by atoms with van der Waals surface area (Å²) in [7, 11) is 0. The molecule has 0 atom stereocenters. The summed E-state index contributed by atoms with van der Waals surface area (Å²) < 4.78 is 7.87. The maximum atomic E-state index is 6.17. The summed E-state index contributed by atoms with van der Waals surface area (Å²) in [6.07, 6.45) is 3.04. The molecule has 1 aliphatic carbocycles. The Morgan fingerprint density at radius 1 is 1.12 bits per heavy atom. The molecule has 0 N–H and O–H groups in total. The zero-order chi connectivity index (χ0) is 16.4. The molecule has 3 aromatic rings. The van der Waals surface area contributed by atoms with Crippen molar-refractivity contribution in [3.8, 4) is 5.75 Å². The van der Waals surface area contributed by atoms with E-state index >= 15 is 0 Å². The third-order valence-corrected chi connectivity index (χ3v) is 4.31. The van der Waals surface area contributed by atoms with Gasteiger partial charge in [-0.05, 0) is 52.6 Å². The van der Waals surface area contributed by atoms with Crippen LogP contribution in [0.4, 0.5) is 0 Å². The number of tetrazole rings is 1. The predicted molar refractivity (Wildman–Crippen MR) is 91.1 cm³/mol. The Morgan fingerprint density at radius 2 is 1.96 bits per heavy atom. The van der Waals surface area contributed by atoms with Gasteiger partial charge in [-0.1, -0.05) is 41.9 Å². The van der Waals surface area contributed by atoms with E-state index in [-0.39, 0.29) is 0 Å². The van der Waals surface area contributed by atoms with Crippen molar-refractivity contribution in [1.82, 2.24) is 20.2 Å². The first-order valence-corrected chi connectivity index (χ1v) is 8.39. The van der Waals surface area contributed by atoms with Gasteiger partial charge in [0, 0.05) is 11.4 Å². The first-order valence-electron chi connectivity index (χ1n) is 8.01. The Balaban J connectivity index is 1.53. The Labute approximate surface area is 145 Å². The summed E-state index contributed by atoms with van der Waals surface area (Å²) in [6.45, 7) is 0.354. The molecule has 5 nitrogen and oxygen atoms in total. The molecule has 0 amide bonds. The lowest BCUT2D eigenvalue weighted by Gasteiger charge is -2.12. The van der Waals surface area contributed by atoms with Gasteiger partial charge in [0.25, 0.3) is 0 Å². The largest absolute Gasteiger partial charge is 0.485 e. The van der Waals surface area contributed by atoms with E-state index in [4.69, 9.17) is 16.3 Å². The van der Waals surface area contributed by atoms with E-state index in [1.165, 1.54) is 5.56 Å². The van der Waals surface area contributed by atoms with Crippen LogP contribution < -0.4 is 4.74 Å². The van der Waals surface area contributed by atoms with Crippen LogP contribution in [0.25, 0.3) is 0 Å². The van der Waals surface area contributed by atoms with Crippen LogP contribution in [0.3, 0.4) is 0 Å². The minimum atomic E-state index is 0.354. The molecule has 4 rings (SSSR count). The summed E-state index contributed by atoms with van der Waals surface area (Å²) in [4.78, 5) is 0. The van der Waals surface area contributed by atoms with Crippen LogP contribution in [0.1, 0.15) is 35.8 Å². The first kappa shape index (κ1) is 15.1. The summed E-state index contributed by atoms with van der Waals surface area (Å²) in [5.41, 5.74) is 2.27. The molecule has 1 aliphatic rings. The average Bonchev–Trinajstić information content (AvgIpc) is 3.33. The topological polar surface area (TPSA) is 52.8 Å². The van der Waals surface area contributed by atoms with Crippen LogP contribution in [0.15, 0.2) is 48.5 Å². The fraction of sp³-hybridized carbons (Fsp3) is 0.278. The molecular weight excluding hydrogens is 324 g/mol. The first-order chi connectivity index (χ1) is 11.8. The molecule has 24 heavy (non-hydrogen) atoms. The highest BCUT2D eigenvalue weighted by atomic mass is 35.5. The highest BCUT2D eigenvalue weighted by Crippen LogP contribution is 2.34. The number of nitrogens with zero attached hydrogens (tertiary/aromatic N) is 4. The van der Waals surface area contributed by atoms with E-state index in [1.54, 1.807) is 0 Å². The molecule has 122 valence electrons. The van der Waals surface area contributed by atoms with E-state index in [2.05, 4.69) is 27.7 Å². The van der Waals surface area contributed by atoms with Gasteiger partial charge in [0.2, 0.25) is 0 Å². The molecule has 1 aromatic heterocycles. The van der Waals surface area contributed by atoms with Gasteiger partial charge in [0.05, 0.1) is 6.04 Å². The summed E-state index contributed by atoms with van der Waals surface area (Å²) in [5.74, 6) is 1.58. The van der Waals surface area contributed by atoms with Crippen molar-refractivity contribution in [1.29, 1.82) is 0 Å². The Bertz CT molecular complexity index is 830. The Kier molecular flexibility index (Phi) is 4.17. The molecule has 0 unspecified atom stereocenters. The van der Waals surface area contributed by atoms with Crippen molar-refractivity contribution in [3.05, 3.63) is 70.5 Å². The van der Waals surface area contributed by atoms with Crippen LogP contribution in [0.5, 0.6) is 5.75 Å². The molecule has 0 spiro atoms. The maximum absolute atomic E-state index is 6.17. The number of aromatic nitrogens is 4. The SMILES string of the molecule is Clc1ccc(OCc2nnnn2C2CC2)c(Cc2ccccc2)c1. The van der Waals surface area contributed by atoms with E-state index in [0.717, 1.165) is 36.4 Å². The lowest BCUT2D eigenvalue weighted by Crippen LogP contribution is -2.08. The van der Waals surface area contributed by atoms with Crippen LogP contribution in [-0.2, 0) is 13.0 Å². The zero-order valence-corrected chi connectivity index (χ0v) is 13.9. The fourth-order valence-corrected chi connectivity index (χ4v) is 2.89. The van der Waals surface area contributed by atoms with Crippen molar-refractivity contribution < 1.29 is 4.74 Å². The van der Waals surface area contributed by atoms with E-state index < -0.39 is 0 Å². The van der Waals surface area contributed by atoms with Gasteiger partial charge in [-0.25, -0.2) is 4.68 Å². The number of hydrogen-bond donors (Lipinski definition) is 0. The van der Waals surface area contributed by atoms with Gasteiger partial charge < -0.3 is 4.74 Å². The van der Waals surface area contributed by atoms with Crippen molar-refractivity contribution in [3.63, 3.8) is 0 Å². The summed E-state index contributed by atoms with van der Waals surface area (Å²) in [6, 6.07) is 16.4. The fourth-order valence-electron chi connectivity index (χ4n) is 2.70. The van der Waals surface area contributed by atoms with Gasteiger partial charge >= 0.3 is 0 Å². The second kappa shape index (κ2) is 6.61. The minimum absolute atomic E-state index is 0.354. The van der Waals surface area contributed by atoms with Crippen molar-refractivity contribution in [2.75, 3.05) is 0 Å². The third-order valence-electron chi connectivity index (χ3n) is 4.07. The summed E-state index contributed by atoms with van der Waals surface area (Å²) >= 11 is 6.17. The number of rotatable bonds is 6. The van der Waals surface area contributed by atoms with Crippen molar-refractivity contribution >= 4 is 11.6 Å². The Morgan fingerprint density at radius 3 is 2.75 bits per heavy atom. The summed E-state index contributed by atoms with van der Waals surface area (Å²) in [5, 5.41) is 12.6. The molecule has 0 aliphatic heterocycles. The van der Waals surface area contributed by atoms with E-state index in [0.29, 0.717) is 17.7 Å². The monoisotopic (exact) mass is 340 g/mol. The van der Waals surface area contributed by atoms with E-state index in [1.807, 2.05) is 41.1 Å². The maximum Gasteiger partial charge on any atom is 0.189 e. The standard InChI is InChI=1S/C18H17ClN4O/c19-15-6-9-17(14(11-15)10-13-4-2-1-3-5-13)24-12-18-20-21-22-23(18)16-7-8-16/h1-6,9,11,16H,7-8,10,12H2. The van der Waals surface area contributed by atoms with Crippen LogP contribution in [0.2, 0.25) is 5.02 Å². The van der Waals surface area contributed by atoms with Crippen LogP contribution in [0, 0.1) is 0 Å². The predicted octanol–water partition coefficient (Wildman–Crippen LogP) is 3.83. The second-order valence-electron chi connectivity index (χ2n) is 5.97. The van der Waals surface area contributed by atoms with Crippen LogP contribution >= 0.6 is 11.6 Å². The quantitative estimate of drug-likeness (QED) is 0.684. The molecule has 1 heterocycles. The Hall–Kier alpha value is -2.40.